The predicted molar refractivity (Wildman–Crippen MR) is 78.5 cm³/mol. The van der Waals surface area contributed by atoms with Gasteiger partial charge in [-0.15, -0.1) is 0 Å². The summed E-state index contributed by atoms with van der Waals surface area (Å²) in [4.78, 5) is 12.5. The molecule has 3 heteroatoms. The third-order valence-corrected chi connectivity index (χ3v) is 4.77. The lowest BCUT2D eigenvalue weighted by atomic mass is 9.77. The van der Waals surface area contributed by atoms with Gasteiger partial charge in [0, 0.05) is 11.5 Å². The van der Waals surface area contributed by atoms with E-state index in [0.717, 1.165) is 32.2 Å². The predicted octanol–water partition coefficient (Wildman–Crippen LogP) is 2.65. The summed E-state index contributed by atoms with van der Waals surface area (Å²) in [6.45, 7) is 3.37. The lowest BCUT2D eigenvalue weighted by Crippen LogP contribution is -2.44. The third-order valence-electron chi connectivity index (χ3n) is 4.77. The van der Waals surface area contributed by atoms with E-state index in [9.17, 15) is 4.79 Å². The van der Waals surface area contributed by atoms with Gasteiger partial charge in [0.05, 0.1) is 12.5 Å². The van der Waals surface area contributed by atoms with E-state index in [-0.39, 0.29) is 23.3 Å². The van der Waals surface area contributed by atoms with Crippen LogP contribution >= 0.6 is 0 Å². The molecule has 1 N–H and O–H groups in total. The van der Waals surface area contributed by atoms with Gasteiger partial charge in [0.1, 0.15) is 0 Å². The van der Waals surface area contributed by atoms with E-state index in [4.69, 9.17) is 4.74 Å². The van der Waals surface area contributed by atoms with Crippen LogP contribution in [0.3, 0.4) is 0 Å². The summed E-state index contributed by atoms with van der Waals surface area (Å²) >= 11 is 0. The minimum Gasteiger partial charge on any atom is -0.466 e. The Hall–Kier alpha value is -1.35. The van der Waals surface area contributed by atoms with Crippen molar-refractivity contribution in [1.82, 2.24) is 5.32 Å². The molecule has 0 amide bonds. The van der Waals surface area contributed by atoms with E-state index >= 15 is 0 Å². The molecule has 1 aliphatic heterocycles. The summed E-state index contributed by atoms with van der Waals surface area (Å²) in [7, 11) is 0. The fraction of sp³-hybridized carbons (Fsp3) is 0.588. The molecule has 0 radical (unpaired) electrons. The first-order valence-corrected chi connectivity index (χ1v) is 7.73. The maximum absolute atomic E-state index is 12.5. The first-order chi connectivity index (χ1) is 9.78. The molecule has 3 nitrogen and oxygen atoms in total. The van der Waals surface area contributed by atoms with Crippen molar-refractivity contribution in [3.63, 3.8) is 0 Å². The Bertz CT molecular complexity index is 461. The number of hydrogen-bond acceptors (Lipinski definition) is 3. The molecule has 2 aliphatic rings. The Morgan fingerprint density at radius 1 is 1.40 bits per heavy atom. The lowest BCUT2D eigenvalue weighted by molar-refractivity contribution is -0.150. The van der Waals surface area contributed by atoms with Crippen molar-refractivity contribution in [3.05, 3.63) is 35.9 Å². The van der Waals surface area contributed by atoms with Gasteiger partial charge in [0.25, 0.3) is 0 Å². The van der Waals surface area contributed by atoms with Crippen LogP contribution in [0.25, 0.3) is 0 Å². The van der Waals surface area contributed by atoms with E-state index in [0.29, 0.717) is 6.61 Å². The van der Waals surface area contributed by atoms with Crippen LogP contribution in [-0.4, -0.2) is 25.2 Å². The second kappa shape index (κ2) is 5.57. The van der Waals surface area contributed by atoms with Gasteiger partial charge in [-0.3, -0.25) is 4.79 Å². The summed E-state index contributed by atoms with van der Waals surface area (Å²) in [6.07, 6.45) is 4.43. The molecule has 1 aromatic rings. The lowest BCUT2D eigenvalue weighted by Gasteiger charge is -2.30. The molecule has 2 atom stereocenters. The van der Waals surface area contributed by atoms with E-state index in [1.54, 1.807) is 0 Å². The number of esters is 1. The zero-order valence-corrected chi connectivity index (χ0v) is 12.1. The molecule has 1 aliphatic carbocycles. The van der Waals surface area contributed by atoms with Crippen molar-refractivity contribution in [3.8, 4) is 0 Å². The van der Waals surface area contributed by atoms with Crippen LogP contribution in [0.5, 0.6) is 0 Å². The van der Waals surface area contributed by atoms with Crippen LogP contribution in [0, 0.1) is 5.92 Å². The van der Waals surface area contributed by atoms with Crippen molar-refractivity contribution in [2.45, 2.75) is 44.1 Å². The van der Waals surface area contributed by atoms with Crippen LogP contribution in [0.2, 0.25) is 0 Å². The molecule has 108 valence electrons. The second-order valence-corrected chi connectivity index (χ2v) is 5.95. The van der Waals surface area contributed by atoms with Gasteiger partial charge < -0.3 is 10.1 Å². The normalized spacial score (nSPS) is 25.1. The van der Waals surface area contributed by atoms with Gasteiger partial charge in [0.2, 0.25) is 0 Å². The first kappa shape index (κ1) is 13.6. The van der Waals surface area contributed by atoms with Gasteiger partial charge >= 0.3 is 5.97 Å². The molecule has 0 spiro atoms. The molecule has 0 bridgehead atoms. The highest BCUT2D eigenvalue weighted by atomic mass is 16.5. The smallest absolute Gasteiger partial charge is 0.311 e. The van der Waals surface area contributed by atoms with Crippen LogP contribution in [0.1, 0.15) is 38.2 Å². The number of ether oxygens (including phenoxy) is 1. The molecule has 1 aromatic carbocycles. The van der Waals surface area contributed by atoms with Crippen LogP contribution in [0.15, 0.2) is 30.3 Å². The zero-order chi connectivity index (χ0) is 14.0. The van der Waals surface area contributed by atoms with Gasteiger partial charge in [-0.25, -0.2) is 0 Å². The molecule has 2 unspecified atom stereocenters. The van der Waals surface area contributed by atoms with Crippen molar-refractivity contribution < 1.29 is 9.53 Å². The first-order valence-electron chi connectivity index (χ1n) is 7.73. The van der Waals surface area contributed by atoms with E-state index in [2.05, 4.69) is 29.6 Å². The highest BCUT2D eigenvalue weighted by molar-refractivity contribution is 5.76. The average molecular weight is 273 g/mol. The zero-order valence-electron chi connectivity index (χ0n) is 12.1. The maximum Gasteiger partial charge on any atom is 0.311 e. The van der Waals surface area contributed by atoms with E-state index < -0.39 is 0 Å². The highest BCUT2D eigenvalue weighted by Gasteiger charge is 2.57. The van der Waals surface area contributed by atoms with Crippen molar-refractivity contribution in [2.75, 3.05) is 13.2 Å². The van der Waals surface area contributed by atoms with Gasteiger partial charge in [-0.1, -0.05) is 30.3 Å². The molecule has 1 heterocycles. The Morgan fingerprint density at radius 2 is 2.15 bits per heavy atom. The number of hydrogen-bond donors (Lipinski definition) is 1. The van der Waals surface area contributed by atoms with Gasteiger partial charge in [-0.05, 0) is 44.7 Å². The fourth-order valence-electron chi connectivity index (χ4n) is 3.69. The Morgan fingerprint density at radius 3 is 2.70 bits per heavy atom. The molecule has 0 aromatic heterocycles. The van der Waals surface area contributed by atoms with Crippen molar-refractivity contribution in [2.24, 2.45) is 5.92 Å². The summed E-state index contributed by atoms with van der Waals surface area (Å²) in [5.41, 5.74) is 1.31. The minimum atomic E-state index is -0.0349. The number of rotatable bonds is 5. The van der Waals surface area contributed by atoms with E-state index in [1.165, 1.54) is 5.56 Å². The summed E-state index contributed by atoms with van der Waals surface area (Å²) in [5.74, 6) is -0.0550. The highest BCUT2D eigenvalue weighted by Crippen LogP contribution is 2.56. The van der Waals surface area contributed by atoms with Gasteiger partial charge in [-0.2, -0.15) is 0 Å². The monoisotopic (exact) mass is 273 g/mol. The van der Waals surface area contributed by atoms with E-state index in [1.807, 2.05) is 13.0 Å². The summed E-state index contributed by atoms with van der Waals surface area (Å²) in [6, 6.07) is 10.8. The quantitative estimate of drug-likeness (QED) is 0.838. The SMILES string of the molecule is CCOC(=O)C(C1CCCN1)C1(c2ccccc2)CC1. The summed E-state index contributed by atoms with van der Waals surface area (Å²) < 4.78 is 5.39. The molecule has 20 heavy (non-hydrogen) atoms. The molecule has 1 saturated heterocycles. The fourth-order valence-corrected chi connectivity index (χ4v) is 3.69. The van der Waals surface area contributed by atoms with Gasteiger partial charge in [0.15, 0.2) is 0 Å². The second-order valence-electron chi connectivity index (χ2n) is 5.95. The number of nitrogens with one attached hydrogen (secondary N) is 1. The molecule has 2 fully saturated rings. The minimum absolute atomic E-state index is 0.00944. The topological polar surface area (TPSA) is 38.3 Å². The largest absolute Gasteiger partial charge is 0.466 e. The maximum atomic E-state index is 12.5. The third kappa shape index (κ3) is 2.35. The molecule has 3 rings (SSSR count). The Labute approximate surface area is 120 Å². The Kier molecular flexibility index (Phi) is 3.79. The van der Waals surface area contributed by atoms with Crippen LogP contribution in [0.4, 0.5) is 0 Å². The Balaban J connectivity index is 1.90. The number of carbonyl (C=O) groups excluding carboxylic acids is 1. The van der Waals surface area contributed by atoms with Crippen LogP contribution in [-0.2, 0) is 14.9 Å². The summed E-state index contributed by atoms with van der Waals surface area (Å²) in [5, 5.41) is 3.51. The molecular weight excluding hydrogens is 250 g/mol. The van der Waals surface area contributed by atoms with Crippen molar-refractivity contribution in [1.29, 1.82) is 0 Å². The number of benzene rings is 1. The number of carbonyl (C=O) groups is 1. The van der Waals surface area contributed by atoms with Crippen LogP contribution < -0.4 is 5.32 Å². The molecule has 1 saturated carbocycles. The average Bonchev–Trinajstić information content (AvgIpc) is 3.08. The molecular formula is C17H23NO2. The van der Waals surface area contributed by atoms with Crippen molar-refractivity contribution >= 4 is 5.97 Å². The standard InChI is InChI=1S/C17H23NO2/c1-2-20-16(19)15(14-9-6-12-18-14)17(10-11-17)13-7-4-3-5-8-13/h3-5,7-8,14-15,18H,2,6,9-12H2,1H3.